The zero-order valence-electron chi connectivity index (χ0n) is 8.57. The minimum Gasteiger partial charge on any atom is -0.385 e. The Labute approximate surface area is 88.0 Å². The molecule has 2 heteroatoms. The van der Waals surface area contributed by atoms with Gasteiger partial charge in [-0.2, -0.15) is 0 Å². The first-order chi connectivity index (χ1) is 6.93. The fourth-order valence-corrected chi connectivity index (χ4v) is 1.95. The second-order valence-electron chi connectivity index (χ2n) is 3.04. The standard InChI is InChI=1S/C12H17OP/c1-13-9-5-10-14-11-8-12-6-3-2-4-7-12/h2-4,6-8,11,14H,5,9-10H2,1H3. The van der Waals surface area contributed by atoms with Crippen LogP contribution in [0.5, 0.6) is 0 Å². The van der Waals surface area contributed by atoms with E-state index >= 15 is 0 Å². The summed E-state index contributed by atoms with van der Waals surface area (Å²) >= 11 is 0. The van der Waals surface area contributed by atoms with Gasteiger partial charge in [0.15, 0.2) is 0 Å². The summed E-state index contributed by atoms with van der Waals surface area (Å²) in [5.74, 6) is 2.25. The van der Waals surface area contributed by atoms with Crippen molar-refractivity contribution in [2.75, 3.05) is 19.9 Å². The van der Waals surface area contributed by atoms with Gasteiger partial charge in [0.1, 0.15) is 0 Å². The zero-order chi connectivity index (χ0) is 10.1. The fraction of sp³-hybridized carbons (Fsp3) is 0.333. The molecule has 0 aromatic heterocycles. The molecule has 0 saturated carbocycles. The van der Waals surface area contributed by atoms with Gasteiger partial charge in [0.05, 0.1) is 0 Å². The van der Waals surface area contributed by atoms with E-state index in [9.17, 15) is 0 Å². The van der Waals surface area contributed by atoms with Crippen molar-refractivity contribution < 1.29 is 4.74 Å². The van der Waals surface area contributed by atoms with Crippen molar-refractivity contribution >= 4 is 14.7 Å². The first kappa shape index (κ1) is 11.4. The van der Waals surface area contributed by atoms with Crippen LogP contribution in [0.1, 0.15) is 12.0 Å². The molecule has 14 heavy (non-hydrogen) atoms. The van der Waals surface area contributed by atoms with Crippen molar-refractivity contribution in [3.8, 4) is 0 Å². The van der Waals surface area contributed by atoms with Crippen LogP contribution >= 0.6 is 8.58 Å². The van der Waals surface area contributed by atoms with E-state index < -0.39 is 0 Å². The fourth-order valence-electron chi connectivity index (χ4n) is 1.12. The van der Waals surface area contributed by atoms with Crippen LogP contribution in [0.4, 0.5) is 0 Å². The molecule has 1 aromatic rings. The molecule has 0 aliphatic heterocycles. The summed E-state index contributed by atoms with van der Waals surface area (Å²) in [6, 6.07) is 10.4. The molecule has 1 nitrogen and oxygen atoms in total. The molecule has 0 spiro atoms. The smallest absolute Gasteiger partial charge is 0.0465 e. The number of hydrogen-bond acceptors (Lipinski definition) is 1. The lowest BCUT2D eigenvalue weighted by atomic mass is 10.2. The molecular formula is C12H17OP. The van der Waals surface area contributed by atoms with Crippen LogP contribution in [0.15, 0.2) is 36.1 Å². The Bertz CT molecular complexity index is 256. The number of rotatable bonds is 6. The van der Waals surface area contributed by atoms with Gasteiger partial charge in [-0.3, -0.25) is 0 Å². The highest BCUT2D eigenvalue weighted by Gasteiger charge is 1.85. The lowest BCUT2D eigenvalue weighted by Gasteiger charge is -1.96. The Hall–Kier alpha value is -0.650. The van der Waals surface area contributed by atoms with E-state index in [0.717, 1.165) is 21.6 Å². The summed E-state index contributed by atoms with van der Waals surface area (Å²) in [5.41, 5.74) is 1.28. The van der Waals surface area contributed by atoms with E-state index in [1.165, 1.54) is 11.7 Å². The molecular weight excluding hydrogens is 191 g/mol. The van der Waals surface area contributed by atoms with Gasteiger partial charge in [-0.1, -0.05) is 50.8 Å². The predicted molar refractivity (Wildman–Crippen MR) is 65.2 cm³/mol. The first-order valence-corrected chi connectivity index (χ1v) is 6.16. The second kappa shape index (κ2) is 7.73. The topological polar surface area (TPSA) is 9.23 Å². The number of hydrogen-bond donors (Lipinski definition) is 0. The van der Waals surface area contributed by atoms with Crippen LogP contribution in [-0.2, 0) is 4.74 Å². The lowest BCUT2D eigenvalue weighted by molar-refractivity contribution is 0.200. The highest BCUT2D eigenvalue weighted by molar-refractivity contribution is 7.41. The van der Waals surface area contributed by atoms with Gasteiger partial charge in [0, 0.05) is 13.7 Å². The number of ether oxygens (including phenoxy) is 1. The van der Waals surface area contributed by atoms with Gasteiger partial charge in [-0.25, -0.2) is 0 Å². The van der Waals surface area contributed by atoms with E-state index in [2.05, 4.69) is 36.2 Å². The molecule has 0 heterocycles. The number of benzene rings is 1. The normalized spacial score (nSPS) is 11.8. The van der Waals surface area contributed by atoms with E-state index in [0.29, 0.717) is 0 Å². The minimum atomic E-state index is 0.881. The third kappa shape index (κ3) is 5.16. The van der Waals surface area contributed by atoms with Gasteiger partial charge in [0.25, 0.3) is 0 Å². The van der Waals surface area contributed by atoms with E-state index in [-0.39, 0.29) is 0 Å². The van der Waals surface area contributed by atoms with Gasteiger partial charge in [-0.15, -0.1) is 0 Å². The summed E-state index contributed by atoms with van der Waals surface area (Å²) in [5, 5.41) is 0. The van der Waals surface area contributed by atoms with E-state index in [1.54, 1.807) is 7.11 Å². The molecule has 0 fully saturated rings. The van der Waals surface area contributed by atoms with Crippen molar-refractivity contribution in [3.63, 3.8) is 0 Å². The second-order valence-corrected chi connectivity index (χ2v) is 4.29. The van der Waals surface area contributed by atoms with E-state index in [4.69, 9.17) is 4.74 Å². The lowest BCUT2D eigenvalue weighted by Crippen LogP contribution is -1.87. The Balaban J connectivity index is 2.15. The zero-order valence-corrected chi connectivity index (χ0v) is 9.57. The Morgan fingerprint density at radius 1 is 1.29 bits per heavy atom. The molecule has 0 aliphatic carbocycles. The third-order valence-electron chi connectivity index (χ3n) is 1.86. The highest BCUT2D eigenvalue weighted by atomic mass is 31.1. The first-order valence-electron chi connectivity index (χ1n) is 4.87. The van der Waals surface area contributed by atoms with Crippen molar-refractivity contribution in [2.24, 2.45) is 0 Å². The van der Waals surface area contributed by atoms with Crippen molar-refractivity contribution in [2.45, 2.75) is 6.42 Å². The van der Waals surface area contributed by atoms with Crippen LogP contribution in [0.2, 0.25) is 0 Å². The summed E-state index contributed by atoms with van der Waals surface area (Å²) in [7, 11) is 2.66. The van der Waals surface area contributed by atoms with Crippen LogP contribution in [-0.4, -0.2) is 19.9 Å². The van der Waals surface area contributed by atoms with Gasteiger partial charge in [-0.05, 0) is 18.1 Å². The third-order valence-corrected chi connectivity index (χ3v) is 2.91. The predicted octanol–water partition coefficient (Wildman–Crippen LogP) is 3.37. The van der Waals surface area contributed by atoms with Gasteiger partial charge < -0.3 is 4.74 Å². The highest BCUT2D eigenvalue weighted by Crippen LogP contribution is 2.15. The maximum atomic E-state index is 4.99. The van der Waals surface area contributed by atoms with E-state index in [1.807, 2.05) is 6.07 Å². The molecule has 1 rings (SSSR count). The maximum Gasteiger partial charge on any atom is 0.0465 e. The SMILES string of the molecule is COCCCPC=Cc1ccccc1. The van der Waals surface area contributed by atoms with Crippen LogP contribution in [0.25, 0.3) is 6.08 Å². The van der Waals surface area contributed by atoms with Crippen LogP contribution < -0.4 is 0 Å². The molecule has 0 saturated heterocycles. The molecule has 1 atom stereocenters. The van der Waals surface area contributed by atoms with Gasteiger partial charge in [0.2, 0.25) is 0 Å². The van der Waals surface area contributed by atoms with Crippen molar-refractivity contribution in [1.82, 2.24) is 0 Å². The molecule has 0 aliphatic rings. The van der Waals surface area contributed by atoms with Crippen LogP contribution in [0.3, 0.4) is 0 Å². The Morgan fingerprint density at radius 2 is 2.07 bits per heavy atom. The van der Waals surface area contributed by atoms with Crippen molar-refractivity contribution in [3.05, 3.63) is 41.7 Å². The summed E-state index contributed by atoms with van der Waals surface area (Å²) in [6.07, 6.45) is 4.58. The Morgan fingerprint density at radius 3 is 2.79 bits per heavy atom. The molecule has 1 unspecified atom stereocenters. The monoisotopic (exact) mass is 208 g/mol. The average molecular weight is 208 g/mol. The molecule has 1 aromatic carbocycles. The quantitative estimate of drug-likeness (QED) is 0.514. The molecule has 0 amide bonds. The largest absolute Gasteiger partial charge is 0.385 e. The summed E-state index contributed by atoms with van der Waals surface area (Å²) in [6.45, 7) is 0.881. The molecule has 76 valence electrons. The molecule has 0 bridgehead atoms. The number of methoxy groups -OCH3 is 1. The molecule has 0 N–H and O–H groups in total. The Kier molecular flexibility index (Phi) is 6.30. The summed E-state index contributed by atoms with van der Waals surface area (Å²) < 4.78 is 4.99. The summed E-state index contributed by atoms with van der Waals surface area (Å²) in [4.78, 5) is 0. The van der Waals surface area contributed by atoms with Crippen molar-refractivity contribution in [1.29, 1.82) is 0 Å². The molecule has 0 radical (unpaired) electrons. The minimum absolute atomic E-state index is 0.881. The average Bonchev–Trinajstić information content (AvgIpc) is 2.25. The van der Waals surface area contributed by atoms with Gasteiger partial charge >= 0.3 is 0 Å². The maximum absolute atomic E-state index is 4.99. The van der Waals surface area contributed by atoms with Crippen LogP contribution in [0, 0.1) is 0 Å².